The third-order valence-electron chi connectivity index (χ3n) is 11.5. The molecule has 54 heavy (non-hydrogen) atoms. The van der Waals surface area contributed by atoms with E-state index in [0.29, 0.717) is 85.5 Å². The van der Waals surface area contributed by atoms with E-state index in [1.807, 2.05) is 47.4 Å². The molecule has 2 aromatic heterocycles. The van der Waals surface area contributed by atoms with Gasteiger partial charge in [0.1, 0.15) is 11.4 Å². The number of nitrogens with zero attached hydrogens (tertiary/aromatic N) is 6. The Morgan fingerprint density at radius 1 is 1.00 bits per heavy atom. The van der Waals surface area contributed by atoms with Crippen molar-refractivity contribution in [1.29, 1.82) is 0 Å². The summed E-state index contributed by atoms with van der Waals surface area (Å²) in [5.74, 6) is -1.08. The predicted molar refractivity (Wildman–Crippen MR) is 204 cm³/mol. The highest BCUT2D eigenvalue weighted by Crippen LogP contribution is 2.42. The van der Waals surface area contributed by atoms with E-state index in [9.17, 15) is 19.5 Å². The number of halogens is 2. The van der Waals surface area contributed by atoms with Crippen molar-refractivity contribution < 1.29 is 24.2 Å². The molecule has 0 bridgehead atoms. The van der Waals surface area contributed by atoms with Crippen molar-refractivity contribution in [3.8, 4) is 17.0 Å². The maximum Gasteiger partial charge on any atom is 0.318 e. The summed E-state index contributed by atoms with van der Waals surface area (Å²) in [4.78, 5) is 50.2. The molecule has 2 unspecified atom stereocenters. The SMILES string of the molecule is COc1ccc(-c2cn[nH]n2)cc1C(=O)N1CCC(CCN2CCC(NC(=O)N3CCCC(C(=O)O)C3)(c3ccccn3)CC2)(c2ccc(Cl)c(Cl)c2)C1. The minimum Gasteiger partial charge on any atom is -0.496 e. The molecule has 0 saturated carbocycles. The number of carboxylic acid groups (broad SMARTS) is 1. The Balaban J connectivity index is 1.08. The zero-order valence-electron chi connectivity index (χ0n) is 30.1. The number of piperidine rings is 2. The number of H-pyrrole nitrogens is 1. The molecule has 2 aromatic carbocycles. The summed E-state index contributed by atoms with van der Waals surface area (Å²) < 4.78 is 5.63. The van der Waals surface area contributed by atoms with Crippen LogP contribution in [0.4, 0.5) is 4.79 Å². The van der Waals surface area contributed by atoms with Crippen LogP contribution in [0.1, 0.15) is 60.1 Å². The molecular weight excluding hydrogens is 731 g/mol. The number of pyridine rings is 1. The first-order valence-corrected chi connectivity index (χ1v) is 19.1. The molecule has 2 atom stereocenters. The molecule has 3 amide bonds. The summed E-state index contributed by atoms with van der Waals surface area (Å²) in [7, 11) is 1.56. The molecule has 4 aromatic rings. The lowest BCUT2D eigenvalue weighted by atomic mass is 9.76. The molecule has 15 heteroatoms. The number of carboxylic acids is 1. The molecular formula is C39H44Cl2N8O5. The predicted octanol–water partition coefficient (Wildman–Crippen LogP) is 5.85. The number of urea groups is 1. The van der Waals surface area contributed by atoms with Crippen LogP contribution in [0.15, 0.2) is 67.0 Å². The van der Waals surface area contributed by atoms with Crippen LogP contribution in [0.5, 0.6) is 5.75 Å². The van der Waals surface area contributed by atoms with Crippen LogP contribution in [0.3, 0.4) is 0 Å². The normalized spacial score (nSPS) is 21.5. The Morgan fingerprint density at radius 3 is 2.54 bits per heavy atom. The van der Waals surface area contributed by atoms with Gasteiger partial charge in [0.05, 0.1) is 46.1 Å². The molecule has 0 radical (unpaired) electrons. The molecule has 0 spiro atoms. The second-order valence-corrected chi connectivity index (χ2v) is 15.4. The number of nitrogens with one attached hydrogen (secondary N) is 2. The van der Waals surface area contributed by atoms with Crippen molar-refractivity contribution in [2.24, 2.45) is 5.92 Å². The fourth-order valence-electron chi connectivity index (χ4n) is 8.27. The average molecular weight is 776 g/mol. The van der Waals surface area contributed by atoms with Crippen LogP contribution < -0.4 is 10.1 Å². The van der Waals surface area contributed by atoms with E-state index >= 15 is 0 Å². The Bertz CT molecular complexity index is 1970. The summed E-state index contributed by atoms with van der Waals surface area (Å²) >= 11 is 13.0. The third kappa shape index (κ3) is 7.75. The fourth-order valence-corrected chi connectivity index (χ4v) is 8.57. The van der Waals surface area contributed by atoms with Crippen molar-refractivity contribution in [2.75, 3.05) is 52.9 Å². The van der Waals surface area contributed by atoms with Gasteiger partial charge in [-0.3, -0.25) is 14.6 Å². The van der Waals surface area contributed by atoms with Crippen LogP contribution in [0.25, 0.3) is 11.3 Å². The van der Waals surface area contributed by atoms with Crippen LogP contribution in [-0.2, 0) is 15.7 Å². The van der Waals surface area contributed by atoms with E-state index in [1.54, 1.807) is 36.5 Å². The summed E-state index contributed by atoms with van der Waals surface area (Å²) in [5.41, 5.74) is 2.59. The van der Waals surface area contributed by atoms with Gasteiger partial charge in [-0.15, -0.1) is 0 Å². The molecule has 3 saturated heterocycles. The monoisotopic (exact) mass is 774 g/mol. The van der Waals surface area contributed by atoms with Gasteiger partial charge in [-0.1, -0.05) is 35.3 Å². The van der Waals surface area contributed by atoms with E-state index in [4.69, 9.17) is 27.9 Å². The second kappa shape index (κ2) is 15.9. The van der Waals surface area contributed by atoms with Crippen molar-refractivity contribution in [2.45, 2.75) is 49.5 Å². The largest absolute Gasteiger partial charge is 0.496 e. The molecule has 3 aliphatic heterocycles. The average Bonchev–Trinajstić information content (AvgIpc) is 3.91. The van der Waals surface area contributed by atoms with E-state index in [0.717, 1.165) is 36.2 Å². The number of ether oxygens (including phenoxy) is 1. The van der Waals surface area contributed by atoms with Crippen molar-refractivity contribution >= 4 is 41.1 Å². The first-order chi connectivity index (χ1) is 26.1. The van der Waals surface area contributed by atoms with Crippen molar-refractivity contribution in [3.63, 3.8) is 0 Å². The first-order valence-electron chi connectivity index (χ1n) is 18.3. The summed E-state index contributed by atoms with van der Waals surface area (Å²) in [6.45, 7) is 3.92. The number of aromatic amines is 1. The van der Waals surface area contributed by atoms with Gasteiger partial charge in [-0.25, -0.2) is 4.79 Å². The van der Waals surface area contributed by atoms with Gasteiger partial charge < -0.3 is 29.9 Å². The standard InChI is InChI=1S/C39H44Cl2N8O5/c1-54-33-10-7-26(32-23-43-46-45-32)21-29(33)35(50)49-20-12-38(25-49,28-8-9-30(40)31(41)22-28)11-17-47-18-13-39(14-19-47,34-6-2-3-15-42-34)44-37(53)48-16-4-5-27(24-48)36(51)52/h2-3,6-10,15,21-23,27H,4-5,11-14,16-20,24-25H2,1H3,(H,44,53)(H,51,52)(H,43,45,46). The van der Waals surface area contributed by atoms with Gasteiger partial charge in [0.2, 0.25) is 0 Å². The molecule has 5 heterocycles. The van der Waals surface area contributed by atoms with Crippen molar-refractivity contribution in [3.05, 3.63) is 93.9 Å². The fraction of sp³-hybridized carbons (Fsp3) is 0.436. The quantitative estimate of drug-likeness (QED) is 0.180. The number of rotatable bonds is 10. The van der Waals surface area contributed by atoms with E-state index in [-0.39, 0.29) is 23.9 Å². The number of carbonyl (C=O) groups is 3. The maximum atomic E-state index is 14.2. The van der Waals surface area contributed by atoms with Crippen LogP contribution in [-0.4, -0.2) is 111 Å². The van der Waals surface area contributed by atoms with Gasteiger partial charge >= 0.3 is 12.0 Å². The van der Waals surface area contributed by atoms with Crippen molar-refractivity contribution in [1.82, 2.24) is 40.4 Å². The molecule has 3 N–H and O–H groups in total. The van der Waals surface area contributed by atoms with Gasteiger partial charge in [-0.2, -0.15) is 15.4 Å². The molecule has 3 fully saturated rings. The minimum absolute atomic E-state index is 0.128. The minimum atomic E-state index is -0.870. The van der Waals surface area contributed by atoms with Crippen LogP contribution in [0, 0.1) is 5.92 Å². The Labute approximate surface area is 324 Å². The zero-order valence-corrected chi connectivity index (χ0v) is 31.7. The van der Waals surface area contributed by atoms with Gasteiger partial charge in [0.15, 0.2) is 0 Å². The third-order valence-corrected chi connectivity index (χ3v) is 12.2. The van der Waals surface area contributed by atoms with Gasteiger partial charge in [-0.05, 0) is 93.1 Å². The number of hydrogen-bond donors (Lipinski definition) is 3. The molecule has 0 aliphatic carbocycles. The molecule has 13 nitrogen and oxygen atoms in total. The van der Waals surface area contributed by atoms with Crippen LogP contribution >= 0.6 is 23.2 Å². The van der Waals surface area contributed by atoms with E-state index in [1.165, 1.54) is 0 Å². The summed E-state index contributed by atoms with van der Waals surface area (Å²) in [6.07, 6.45) is 7.35. The molecule has 7 rings (SSSR count). The first kappa shape index (κ1) is 37.6. The van der Waals surface area contributed by atoms with Gasteiger partial charge in [0.25, 0.3) is 5.91 Å². The number of hydrogen-bond acceptors (Lipinski definition) is 8. The Hall–Kier alpha value is -4.72. The molecule has 3 aliphatic rings. The highest BCUT2D eigenvalue weighted by atomic mass is 35.5. The highest BCUT2D eigenvalue weighted by Gasteiger charge is 2.44. The number of methoxy groups -OCH3 is 1. The highest BCUT2D eigenvalue weighted by molar-refractivity contribution is 6.42. The Kier molecular flexibility index (Phi) is 11.1. The lowest BCUT2D eigenvalue weighted by molar-refractivity contribution is -0.143. The number of aromatic nitrogens is 4. The van der Waals surface area contributed by atoms with E-state index in [2.05, 4.69) is 30.6 Å². The van der Waals surface area contributed by atoms with E-state index < -0.39 is 17.4 Å². The number of carbonyl (C=O) groups excluding carboxylic acids is 2. The summed E-state index contributed by atoms with van der Waals surface area (Å²) in [6, 6.07) is 16.7. The lowest BCUT2D eigenvalue weighted by Crippen LogP contribution is -2.58. The second-order valence-electron chi connectivity index (χ2n) is 14.6. The smallest absolute Gasteiger partial charge is 0.318 e. The summed E-state index contributed by atoms with van der Waals surface area (Å²) in [5, 5.41) is 24.6. The van der Waals surface area contributed by atoms with Gasteiger partial charge in [0, 0.05) is 56.4 Å². The lowest BCUT2D eigenvalue weighted by Gasteiger charge is -2.44. The Morgan fingerprint density at radius 2 is 1.83 bits per heavy atom. The molecule has 284 valence electrons. The number of aliphatic carboxylic acids is 1. The topological polar surface area (TPSA) is 157 Å². The number of amides is 3. The zero-order chi connectivity index (χ0) is 37.9. The number of likely N-dealkylation sites (tertiary alicyclic amines) is 3. The maximum absolute atomic E-state index is 14.2. The number of benzene rings is 2. The van der Waals surface area contributed by atoms with Crippen LogP contribution in [0.2, 0.25) is 10.0 Å².